The number of aliphatic hydroxyl groups is 1. The van der Waals surface area contributed by atoms with Crippen molar-refractivity contribution >= 4 is 17.4 Å². The molecule has 0 bridgehead atoms. The third-order valence-corrected chi connectivity index (χ3v) is 6.19. The van der Waals surface area contributed by atoms with Gasteiger partial charge >= 0.3 is 0 Å². The van der Waals surface area contributed by atoms with Crippen molar-refractivity contribution in [3.05, 3.63) is 94.7 Å². The van der Waals surface area contributed by atoms with E-state index < -0.39 is 17.7 Å². The molecule has 1 aliphatic heterocycles. The summed E-state index contributed by atoms with van der Waals surface area (Å²) in [7, 11) is 1.58. The zero-order valence-electron chi connectivity index (χ0n) is 20.2. The Kier molecular flexibility index (Phi) is 6.52. The number of amides is 1. The topological polar surface area (TPSA) is 80.0 Å². The summed E-state index contributed by atoms with van der Waals surface area (Å²) >= 11 is 0. The van der Waals surface area contributed by atoms with Gasteiger partial charge < -0.3 is 19.2 Å². The van der Waals surface area contributed by atoms with Crippen LogP contribution in [-0.2, 0) is 21.4 Å². The molecule has 1 unspecified atom stereocenters. The third kappa shape index (κ3) is 4.71. The second-order valence-electron chi connectivity index (χ2n) is 9.55. The van der Waals surface area contributed by atoms with Crippen LogP contribution >= 0.6 is 0 Å². The highest BCUT2D eigenvalue weighted by Crippen LogP contribution is 2.41. The van der Waals surface area contributed by atoms with Crippen LogP contribution in [-0.4, -0.2) is 35.4 Å². The Hall–Kier alpha value is -3.87. The lowest BCUT2D eigenvalue weighted by atomic mass is 9.84. The number of furan rings is 1. The number of carbonyl (C=O) groups excluding carboxylic acids is 2. The number of nitrogens with zero attached hydrogens (tertiary/aromatic N) is 1. The molecule has 0 aliphatic carbocycles. The molecule has 3 aromatic rings. The van der Waals surface area contributed by atoms with Crippen molar-refractivity contribution in [3.8, 4) is 5.75 Å². The van der Waals surface area contributed by atoms with Crippen LogP contribution in [0, 0.1) is 5.82 Å². The Balaban J connectivity index is 1.77. The molecule has 35 heavy (non-hydrogen) atoms. The number of ketones is 1. The molecule has 1 saturated heterocycles. The quantitative estimate of drug-likeness (QED) is 0.293. The molecule has 7 heteroatoms. The van der Waals surface area contributed by atoms with E-state index >= 15 is 0 Å². The van der Waals surface area contributed by atoms with E-state index in [9.17, 15) is 19.1 Å². The molecule has 4 rings (SSSR count). The van der Waals surface area contributed by atoms with Crippen molar-refractivity contribution in [2.75, 3.05) is 13.7 Å². The van der Waals surface area contributed by atoms with Crippen molar-refractivity contribution in [2.24, 2.45) is 0 Å². The summed E-state index contributed by atoms with van der Waals surface area (Å²) in [6, 6.07) is 13.6. The van der Waals surface area contributed by atoms with E-state index in [1.807, 2.05) is 20.8 Å². The van der Waals surface area contributed by atoms with Gasteiger partial charge in [-0.3, -0.25) is 9.59 Å². The van der Waals surface area contributed by atoms with Crippen LogP contribution in [0.3, 0.4) is 0 Å². The smallest absolute Gasteiger partial charge is 0.295 e. The minimum absolute atomic E-state index is 0.0333. The van der Waals surface area contributed by atoms with Gasteiger partial charge in [0.1, 0.15) is 29.1 Å². The van der Waals surface area contributed by atoms with Gasteiger partial charge in [0.2, 0.25) is 0 Å². The van der Waals surface area contributed by atoms with Crippen LogP contribution in [0.1, 0.15) is 49.3 Å². The van der Waals surface area contributed by atoms with E-state index in [-0.39, 0.29) is 29.1 Å². The minimum Gasteiger partial charge on any atom is -0.507 e. The predicted molar refractivity (Wildman–Crippen MR) is 130 cm³/mol. The van der Waals surface area contributed by atoms with E-state index in [0.29, 0.717) is 23.5 Å². The molecular formula is C28H28FNO5. The molecule has 1 aliphatic rings. The molecule has 1 aromatic heterocycles. The molecule has 182 valence electrons. The number of benzene rings is 2. The number of likely N-dealkylation sites (tertiary alicyclic amines) is 1. The van der Waals surface area contributed by atoms with Crippen molar-refractivity contribution < 1.29 is 28.2 Å². The summed E-state index contributed by atoms with van der Waals surface area (Å²) in [5.41, 5.74) is 1.75. The van der Waals surface area contributed by atoms with E-state index in [0.717, 1.165) is 11.1 Å². The van der Waals surface area contributed by atoms with Gasteiger partial charge in [0.15, 0.2) is 0 Å². The SMILES string of the molecule is COc1ccc(/C(O)=C2/C(=O)C(=O)N(CCc3ccc(F)cc3)C2c2ccco2)cc1C(C)(C)C. The molecule has 6 nitrogen and oxygen atoms in total. The van der Waals surface area contributed by atoms with Crippen molar-refractivity contribution in [1.29, 1.82) is 0 Å². The Morgan fingerprint density at radius 2 is 1.83 bits per heavy atom. The highest BCUT2D eigenvalue weighted by atomic mass is 19.1. The van der Waals surface area contributed by atoms with Gasteiger partial charge in [-0.15, -0.1) is 0 Å². The van der Waals surface area contributed by atoms with Gasteiger partial charge in [0.05, 0.1) is 18.9 Å². The molecule has 2 heterocycles. The fraction of sp³-hybridized carbons (Fsp3) is 0.286. The fourth-order valence-electron chi connectivity index (χ4n) is 4.35. The highest BCUT2D eigenvalue weighted by molar-refractivity contribution is 6.46. The van der Waals surface area contributed by atoms with Crippen LogP contribution < -0.4 is 4.74 Å². The van der Waals surface area contributed by atoms with Crippen LogP contribution in [0.5, 0.6) is 5.75 Å². The highest BCUT2D eigenvalue weighted by Gasteiger charge is 2.47. The van der Waals surface area contributed by atoms with Gasteiger partial charge in [0.25, 0.3) is 11.7 Å². The van der Waals surface area contributed by atoms with Gasteiger partial charge in [-0.1, -0.05) is 32.9 Å². The average Bonchev–Trinajstić information content (AvgIpc) is 3.44. The number of ether oxygens (including phenoxy) is 1. The molecule has 1 amide bonds. The maximum Gasteiger partial charge on any atom is 0.295 e. The summed E-state index contributed by atoms with van der Waals surface area (Å²) in [6.45, 7) is 6.25. The standard InChI is InChI=1S/C28H28FNO5/c1-28(2,3)20-16-18(9-12-21(20)34-4)25(31)23-24(22-6-5-15-35-22)30(27(33)26(23)32)14-13-17-7-10-19(29)11-8-17/h5-12,15-16,24,31H,13-14H2,1-4H3/b25-23-. The van der Waals surface area contributed by atoms with E-state index in [4.69, 9.17) is 9.15 Å². The zero-order valence-corrected chi connectivity index (χ0v) is 20.2. The summed E-state index contributed by atoms with van der Waals surface area (Å²) in [5.74, 6) is -1.09. The number of aliphatic hydroxyl groups excluding tert-OH is 1. The maximum absolute atomic E-state index is 13.3. The number of halogens is 1. The average molecular weight is 478 g/mol. The van der Waals surface area contributed by atoms with Gasteiger partial charge in [0, 0.05) is 17.7 Å². The number of hydrogen-bond donors (Lipinski definition) is 1. The molecule has 0 radical (unpaired) electrons. The summed E-state index contributed by atoms with van der Waals surface area (Å²) in [4.78, 5) is 27.6. The van der Waals surface area contributed by atoms with Crippen LogP contribution in [0.2, 0.25) is 0 Å². The van der Waals surface area contributed by atoms with Gasteiger partial charge in [-0.25, -0.2) is 4.39 Å². The Bertz CT molecular complexity index is 1270. The molecule has 1 atom stereocenters. The summed E-state index contributed by atoms with van der Waals surface area (Å²) < 4.78 is 24.3. The maximum atomic E-state index is 13.3. The fourth-order valence-corrected chi connectivity index (χ4v) is 4.35. The summed E-state index contributed by atoms with van der Waals surface area (Å²) in [5, 5.41) is 11.3. The second-order valence-corrected chi connectivity index (χ2v) is 9.55. The molecule has 1 fully saturated rings. The Morgan fingerprint density at radius 3 is 2.43 bits per heavy atom. The van der Waals surface area contributed by atoms with Crippen molar-refractivity contribution in [2.45, 2.75) is 38.6 Å². The second kappa shape index (κ2) is 9.41. The Labute approximate surface area is 203 Å². The first-order valence-corrected chi connectivity index (χ1v) is 11.4. The van der Waals surface area contributed by atoms with E-state index in [2.05, 4.69) is 0 Å². The first-order chi connectivity index (χ1) is 16.6. The van der Waals surface area contributed by atoms with Crippen molar-refractivity contribution in [1.82, 2.24) is 4.90 Å². The number of carbonyl (C=O) groups is 2. The Morgan fingerprint density at radius 1 is 1.11 bits per heavy atom. The number of hydrogen-bond acceptors (Lipinski definition) is 5. The normalized spacial score (nSPS) is 17.7. The third-order valence-electron chi connectivity index (χ3n) is 6.19. The van der Waals surface area contributed by atoms with Crippen molar-refractivity contribution in [3.63, 3.8) is 0 Å². The van der Waals surface area contributed by atoms with Gasteiger partial charge in [-0.05, 0) is 59.9 Å². The molecule has 0 spiro atoms. The summed E-state index contributed by atoms with van der Waals surface area (Å²) in [6.07, 6.45) is 1.86. The van der Waals surface area contributed by atoms with Crippen LogP contribution in [0.15, 0.2) is 70.9 Å². The zero-order chi connectivity index (χ0) is 25.3. The lowest BCUT2D eigenvalue weighted by Gasteiger charge is -2.24. The minimum atomic E-state index is -0.884. The van der Waals surface area contributed by atoms with Crippen LogP contribution in [0.25, 0.3) is 5.76 Å². The van der Waals surface area contributed by atoms with Gasteiger partial charge in [-0.2, -0.15) is 0 Å². The molecular weight excluding hydrogens is 449 g/mol. The number of Topliss-reactive ketones (excluding diaryl/α,β-unsaturated/α-hetero) is 1. The lowest BCUT2D eigenvalue weighted by Crippen LogP contribution is -2.31. The number of rotatable bonds is 6. The monoisotopic (exact) mass is 477 g/mol. The first-order valence-electron chi connectivity index (χ1n) is 11.4. The predicted octanol–water partition coefficient (Wildman–Crippen LogP) is 5.39. The molecule has 2 aromatic carbocycles. The molecule has 1 N–H and O–H groups in total. The lowest BCUT2D eigenvalue weighted by molar-refractivity contribution is -0.140. The largest absolute Gasteiger partial charge is 0.507 e. The molecule has 0 saturated carbocycles. The number of methoxy groups -OCH3 is 1. The van der Waals surface area contributed by atoms with E-state index in [1.165, 1.54) is 23.3 Å². The first kappa shape index (κ1) is 24.3. The van der Waals surface area contributed by atoms with E-state index in [1.54, 1.807) is 49.6 Å². The van der Waals surface area contributed by atoms with Crippen LogP contribution in [0.4, 0.5) is 4.39 Å².